The molecular formula is C21H16ClF3N2O. The van der Waals surface area contributed by atoms with Gasteiger partial charge in [-0.25, -0.2) is 4.85 Å². The molecule has 0 atom stereocenters. The van der Waals surface area contributed by atoms with Crippen LogP contribution in [-0.2, 0) is 22.9 Å². The van der Waals surface area contributed by atoms with E-state index in [1.807, 2.05) is 6.07 Å². The van der Waals surface area contributed by atoms with Crippen molar-refractivity contribution < 1.29 is 18.0 Å². The number of rotatable bonds is 4. The molecule has 0 unspecified atom stereocenters. The quantitative estimate of drug-likeness (QED) is 0.461. The lowest BCUT2D eigenvalue weighted by molar-refractivity contribution is -0.137. The van der Waals surface area contributed by atoms with Gasteiger partial charge in [-0.15, -0.1) is 0 Å². The summed E-state index contributed by atoms with van der Waals surface area (Å²) >= 11 is 6.00. The molecular weight excluding hydrogens is 389 g/mol. The molecule has 0 fully saturated rings. The van der Waals surface area contributed by atoms with Crippen molar-refractivity contribution in [1.29, 1.82) is 0 Å². The molecule has 0 aliphatic carbocycles. The summed E-state index contributed by atoms with van der Waals surface area (Å²) in [5.74, 6) is -0.247. The Labute approximate surface area is 165 Å². The van der Waals surface area contributed by atoms with E-state index in [0.29, 0.717) is 5.02 Å². The molecule has 3 rings (SSSR count). The molecule has 0 bridgehead atoms. The summed E-state index contributed by atoms with van der Waals surface area (Å²) in [5.41, 5.74) is -1.45. The molecule has 3 aromatic rings. The van der Waals surface area contributed by atoms with E-state index in [2.05, 4.69) is 4.85 Å². The Hall–Kier alpha value is -2.78. The molecule has 2 aromatic carbocycles. The van der Waals surface area contributed by atoms with Gasteiger partial charge in [0.25, 0.3) is 0 Å². The zero-order valence-electron chi connectivity index (χ0n) is 15.1. The number of carbonyl (C=O) groups excluding carboxylic acids is 1. The van der Waals surface area contributed by atoms with Crippen molar-refractivity contribution in [2.24, 2.45) is 0 Å². The topological polar surface area (TPSA) is 26.4 Å². The third kappa shape index (κ3) is 3.63. The number of alkyl halides is 3. The van der Waals surface area contributed by atoms with Gasteiger partial charge in [0, 0.05) is 28.5 Å². The van der Waals surface area contributed by atoms with Crippen molar-refractivity contribution in [3.63, 3.8) is 0 Å². The molecule has 0 radical (unpaired) electrons. The minimum atomic E-state index is -4.65. The second kappa shape index (κ2) is 6.99. The molecule has 0 aliphatic rings. The molecule has 0 amide bonds. The number of fused-ring (bicyclic) bond motifs is 1. The Morgan fingerprint density at radius 1 is 1.14 bits per heavy atom. The standard InChI is InChI=1S/C21H16ClF3N2O/c1-20(2,27-9-8-14-12-15(22)5-7-18(14)27)19(28)11-13-4-6-17(26-3)16(10-13)21(23,24)25/h4-10,12H,11H2,1-2H3. The highest BCUT2D eigenvalue weighted by Gasteiger charge is 2.35. The van der Waals surface area contributed by atoms with E-state index in [9.17, 15) is 18.0 Å². The molecule has 0 saturated carbocycles. The summed E-state index contributed by atoms with van der Waals surface area (Å²) in [7, 11) is 0. The number of ketones is 1. The van der Waals surface area contributed by atoms with Crippen molar-refractivity contribution in [1.82, 2.24) is 4.57 Å². The maximum Gasteiger partial charge on any atom is 0.407 e. The fourth-order valence-corrected chi connectivity index (χ4v) is 3.34. The minimum Gasteiger partial charge on any atom is -0.335 e. The number of halogens is 4. The normalized spacial score (nSPS) is 12.2. The fraction of sp³-hybridized carbons (Fsp3) is 0.238. The van der Waals surface area contributed by atoms with Gasteiger partial charge in [0.15, 0.2) is 11.5 Å². The first-order valence-corrected chi connectivity index (χ1v) is 8.80. The van der Waals surface area contributed by atoms with E-state index in [0.717, 1.165) is 23.0 Å². The van der Waals surface area contributed by atoms with Crippen LogP contribution in [0.3, 0.4) is 0 Å². The van der Waals surface area contributed by atoms with E-state index >= 15 is 0 Å². The maximum absolute atomic E-state index is 13.2. The van der Waals surface area contributed by atoms with Crippen molar-refractivity contribution in [3.8, 4) is 0 Å². The molecule has 3 nitrogen and oxygen atoms in total. The average molecular weight is 405 g/mol. The molecule has 1 heterocycles. The van der Waals surface area contributed by atoms with Gasteiger partial charge in [0.05, 0.1) is 17.7 Å². The summed E-state index contributed by atoms with van der Waals surface area (Å²) in [4.78, 5) is 15.9. The molecule has 0 saturated heterocycles. The lowest BCUT2D eigenvalue weighted by Gasteiger charge is -2.27. The number of hydrogen-bond acceptors (Lipinski definition) is 1. The summed E-state index contributed by atoms with van der Waals surface area (Å²) in [6.45, 7) is 10.4. The third-order valence-corrected chi connectivity index (χ3v) is 5.02. The van der Waals surface area contributed by atoms with Crippen LogP contribution in [0, 0.1) is 6.57 Å². The number of aromatic nitrogens is 1. The molecule has 7 heteroatoms. The van der Waals surface area contributed by atoms with Crippen LogP contribution in [0.25, 0.3) is 15.7 Å². The van der Waals surface area contributed by atoms with Crippen LogP contribution in [0.5, 0.6) is 0 Å². The van der Waals surface area contributed by atoms with Gasteiger partial charge in [0.1, 0.15) is 0 Å². The van der Waals surface area contributed by atoms with Crippen LogP contribution in [0.4, 0.5) is 18.9 Å². The van der Waals surface area contributed by atoms with Crippen LogP contribution in [-0.4, -0.2) is 10.4 Å². The van der Waals surface area contributed by atoms with Gasteiger partial charge < -0.3 is 4.57 Å². The monoisotopic (exact) mass is 404 g/mol. The van der Waals surface area contributed by atoms with Crippen LogP contribution in [0.1, 0.15) is 25.0 Å². The Morgan fingerprint density at radius 2 is 1.86 bits per heavy atom. The van der Waals surface area contributed by atoms with Crippen LogP contribution >= 0.6 is 11.6 Å². The number of carbonyl (C=O) groups is 1. The highest BCUT2D eigenvalue weighted by Crippen LogP contribution is 2.37. The molecule has 0 spiro atoms. The van der Waals surface area contributed by atoms with E-state index in [-0.39, 0.29) is 17.8 Å². The Morgan fingerprint density at radius 3 is 2.50 bits per heavy atom. The zero-order chi connectivity index (χ0) is 20.7. The molecule has 28 heavy (non-hydrogen) atoms. The molecule has 0 N–H and O–H groups in total. The van der Waals surface area contributed by atoms with E-state index in [4.69, 9.17) is 18.2 Å². The van der Waals surface area contributed by atoms with Crippen LogP contribution in [0.2, 0.25) is 5.02 Å². The predicted octanol–water partition coefficient (Wildman–Crippen LogP) is 6.41. The summed E-state index contributed by atoms with van der Waals surface area (Å²) in [5, 5.41) is 1.45. The van der Waals surface area contributed by atoms with Gasteiger partial charge in [-0.2, -0.15) is 13.2 Å². The van der Waals surface area contributed by atoms with E-state index in [1.165, 1.54) is 6.07 Å². The first-order chi connectivity index (χ1) is 13.0. The van der Waals surface area contributed by atoms with Crippen molar-refractivity contribution in [2.75, 3.05) is 0 Å². The highest BCUT2D eigenvalue weighted by atomic mass is 35.5. The summed E-state index contributed by atoms with van der Waals surface area (Å²) in [6, 6.07) is 10.5. The smallest absolute Gasteiger partial charge is 0.335 e. The van der Waals surface area contributed by atoms with Gasteiger partial charge >= 0.3 is 6.18 Å². The lowest BCUT2D eigenvalue weighted by atomic mass is 9.92. The number of benzene rings is 2. The Kier molecular flexibility index (Phi) is 4.99. The molecule has 144 valence electrons. The molecule has 0 aliphatic heterocycles. The van der Waals surface area contributed by atoms with Gasteiger partial charge in [0.2, 0.25) is 0 Å². The zero-order valence-corrected chi connectivity index (χ0v) is 15.9. The third-order valence-electron chi connectivity index (χ3n) is 4.79. The number of Topliss-reactive ketones (excluding diaryl/α,β-unsaturated/α-hetero) is 1. The second-order valence-electron chi connectivity index (χ2n) is 7.01. The van der Waals surface area contributed by atoms with Crippen molar-refractivity contribution >= 4 is 34.0 Å². The van der Waals surface area contributed by atoms with E-state index in [1.54, 1.807) is 42.8 Å². The van der Waals surface area contributed by atoms with Crippen molar-refractivity contribution in [2.45, 2.75) is 32.0 Å². The number of hydrogen-bond donors (Lipinski definition) is 0. The van der Waals surface area contributed by atoms with Gasteiger partial charge in [-0.3, -0.25) is 4.79 Å². The Bertz CT molecular complexity index is 1110. The first-order valence-electron chi connectivity index (χ1n) is 8.42. The summed E-state index contributed by atoms with van der Waals surface area (Å²) in [6.07, 6.45) is -3.06. The fourth-order valence-electron chi connectivity index (χ4n) is 3.15. The predicted molar refractivity (Wildman–Crippen MR) is 103 cm³/mol. The lowest BCUT2D eigenvalue weighted by Crippen LogP contribution is -2.36. The number of nitrogens with zero attached hydrogens (tertiary/aromatic N) is 2. The highest BCUT2D eigenvalue weighted by molar-refractivity contribution is 6.31. The van der Waals surface area contributed by atoms with Gasteiger partial charge in [-0.1, -0.05) is 29.8 Å². The maximum atomic E-state index is 13.2. The first kappa shape index (κ1) is 20.0. The summed E-state index contributed by atoms with van der Waals surface area (Å²) < 4.78 is 41.3. The van der Waals surface area contributed by atoms with Gasteiger partial charge in [-0.05, 0) is 43.7 Å². The second-order valence-corrected chi connectivity index (χ2v) is 7.45. The van der Waals surface area contributed by atoms with E-state index < -0.39 is 23.0 Å². The van der Waals surface area contributed by atoms with Crippen molar-refractivity contribution in [3.05, 3.63) is 76.2 Å². The minimum absolute atomic E-state index is 0.179. The van der Waals surface area contributed by atoms with Crippen LogP contribution in [0.15, 0.2) is 48.7 Å². The largest absolute Gasteiger partial charge is 0.407 e. The Balaban J connectivity index is 1.94. The van der Waals surface area contributed by atoms with Crippen LogP contribution < -0.4 is 0 Å². The SMILES string of the molecule is [C-]#[N+]c1ccc(CC(=O)C(C)(C)n2ccc3cc(Cl)ccc32)cc1C(F)(F)F. The molecule has 1 aromatic heterocycles. The average Bonchev–Trinajstić information content (AvgIpc) is 3.04.